The average Bonchev–Trinajstić information content (AvgIpc) is 4.06. The molecule has 14 nitrogen and oxygen atoms in total. The molecular formula is C54H59N3O11. The number of rotatable bonds is 15. The number of hydrogen-bond donors (Lipinski definition) is 2. The van der Waals surface area contributed by atoms with Crippen LogP contribution in [-0.4, -0.2) is 88.5 Å². The average molecular weight is 926 g/mol. The van der Waals surface area contributed by atoms with E-state index in [0.717, 1.165) is 33.9 Å². The highest BCUT2D eigenvalue weighted by Gasteiger charge is 2.42. The van der Waals surface area contributed by atoms with Gasteiger partial charge in [0.05, 0.1) is 30.7 Å². The van der Waals surface area contributed by atoms with Crippen molar-refractivity contribution >= 4 is 24.1 Å². The van der Waals surface area contributed by atoms with Crippen molar-refractivity contribution in [2.75, 3.05) is 39.4 Å². The van der Waals surface area contributed by atoms with E-state index < -0.39 is 30.0 Å². The molecular weight excluding hydrogens is 867 g/mol. The van der Waals surface area contributed by atoms with Crippen molar-refractivity contribution < 1.29 is 52.8 Å². The third kappa shape index (κ3) is 14.0. The van der Waals surface area contributed by atoms with E-state index in [1.165, 1.54) is 4.90 Å². The molecule has 2 fully saturated rings. The van der Waals surface area contributed by atoms with E-state index >= 15 is 0 Å². The molecule has 2 saturated heterocycles. The van der Waals surface area contributed by atoms with Gasteiger partial charge in [0.2, 0.25) is 0 Å². The number of carboxylic acid groups (broad SMARTS) is 1. The van der Waals surface area contributed by atoms with Crippen LogP contribution in [-0.2, 0) is 40.0 Å². The van der Waals surface area contributed by atoms with E-state index in [2.05, 4.69) is 17.1 Å². The molecule has 0 radical (unpaired) electrons. The van der Waals surface area contributed by atoms with Crippen LogP contribution in [0.4, 0.5) is 9.59 Å². The van der Waals surface area contributed by atoms with Gasteiger partial charge < -0.3 is 43.4 Å². The molecule has 0 bridgehead atoms. The number of amides is 2. The molecule has 2 N–H and O–H groups in total. The van der Waals surface area contributed by atoms with Crippen LogP contribution in [0, 0.1) is 30.6 Å². The minimum absolute atomic E-state index is 0. The van der Waals surface area contributed by atoms with Crippen molar-refractivity contribution in [3.05, 3.63) is 174 Å². The Hall–Kier alpha value is -7.61. The van der Waals surface area contributed by atoms with E-state index in [-0.39, 0.29) is 44.1 Å². The van der Waals surface area contributed by atoms with E-state index in [0.29, 0.717) is 69.4 Å². The smallest absolute Gasteiger partial charge is 0.415 e. The Labute approximate surface area is 397 Å². The molecule has 3 heterocycles. The number of oxazole rings is 1. The van der Waals surface area contributed by atoms with Crippen LogP contribution in [0.3, 0.4) is 0 Å². The number of likely N-dealkylation sites (tertiary alicyclic amines) is 2. The summed E-state index contributed by atoms with van der Waals surface area (Å²) in [6, 6.07) is 42.3. The SMILES string of the molecule is C.CCOC(=O)[C@H]1CN(C(=O)Oc2ccccc2)C[C@H]1Cc1ccc(O)cc1.Cc1oc(Cc2ccccc2)nc1CCOc1ccc(C[C@@H]2CN(C(=O)Oc3ccccc3)C[C@@H]2C(=O)O)cc1. The predicted molar refractivity (Wildman–Crippen MR) is 255 cm³/mol. The summed E-state index contributed by atoms with van der Waals surface area (Å²) in [7, 11) is 0. The topological polar surface area (TPSA) is 178 Å². The summed E-state index contributed by atoms with van der Waals surface area (Å²) in [6.45, 7) is 5.58. The molecule has 6 aromatic rings. The summed E-state index contributed by atoms with van der Waals surface area (Å²) in [4.78, 5) is 57.1. The molecule has 68 heavy (non-hydrogen) atoms. The lowest BCUT2D eigenvalue weighted by atomic mass is 9.90. The van der Waals surface area contributed by atoms with Gasteiger partial charge in [0.1, 0.15) is 28.8 Å². The standard InChI is InChI=1S/C32H32N2O6.C21H23NO5.CH4/c1-22-29(33-30(39-22)19-23-8-4-2-5-9-23)16-17-38-26-14-12-24(13-15-26)18-25-20-34(21-28(25)31(35)36)32(37)40-27-10-6-3-7-11-27;1-2-26-20(24)19-14-22(21(25)27-18-6-4-3-5-7-18)13-16(19)12-15-8-10-17(23)11-9-15;/h2-15,25,28H,16-21H2,1H3,(H,35,36);3-11,16,19,23H,2,12-14H2,1H3;1H4/t25-,28+;16-,19+;/m11./s1. The van der Waals surface area contributed by atoms with Gasteiger partial charge in [-0.15, -0.1) is 0 Å². The van der Waals surface area contributed by atoms with E-state index in [4.69, 9.17) is 23.4 Å². The molecule has 8 rings (SSSR count). The number of hydrogen-bond acceptors (Lipinski definition) is 11. The summed E-state index contributed by atoms with van der Waals surface area (Å²) in [5, 5.41) is 19.2. The Morgan fingerprint density at radius 3 is 1.68 bits per heavy atom. The monoisotopic (exact) mass is 925 g/mol. The fraction of sp³-hybridized carbons (Fsp3) is 0.315. The van der Waals surface area contributed by atoms with E-state index in [1.807, 2.05) is 73.7 Å². The van der Waals surface area contributed by atoms with Crippen LogP contribution in [0.15, 0.2) is 144 Å². The van der Waals surface area contributed by atoms with Crippen molar-refractivity contribution in [3.8, 4) is 23.0 Å². The Morgan fingerprint density at radius 2 is 1.15 bits per heavy atom. The Balaban J connectivity index is 0.000000238. The molecule has 1 aromatic heterocycles. The summed E-state index contributed by atoms with van der Waals surface area (Å²) in [5.74, 6) is 0.776. The highest BCUT2D eigenvalue weighted by Crippen LogP contribution is 2.31. The second-order valence-electron chi connectivity index (χ2n) is 16.6. The Kier molecular flexibility index (Phi) is 17.8. The minimum Gasteiger partial charge on any atom is -0.508 e. The molecule has 2 aliphatic heterocycles. The number of phenols is 1. The highest BCUT2D eigenvalue weighted by molar-refractivity contribution is 5.77. The van der Waals surface area contributed by atoms with Gasteiger partial charge in [0.15, 0.2) is 5.89 Å². The van der Waals surface area contributed by atoms with Crippen molar-refractivity contribution in [1.82, 2.24) is 14.8 Å². The Bertz CT molecular complexity index is 2540. The van der Waals surface area contributed by atoms with E-state index in [9.17, 15) is 29.4 Å². The molecule has 2 aliphatic rings. The van der Waals surface area contributed by atoms with Gasteiger partial charge in [-0.1, -0.05) is 98.4 Å². The predicted octanol–water partition coefficient (Wildman–Crippen LogP) is 9.45. The lowest BCUT2D eigenvalue weighted by Crippen LogP contribution is -2.32. The number of para-hydroxylation sites is 2. The fourth-order valence-electron chi connectivity index (χ4n) is 8.35. The number of nitrogens with zero attached hydrogens (tertiary/aromatic N) is 3. The molecule has 356 valence electrons. The van der Waals surface area contributed by atoms with Crippen LogP contribution < -0.4 is 14.2 Å². The highest BCUT2D eigenvalue weighted by atomic mass is 16.6. The molecule has 5 aromatic carbocycles. The van der Waals surface area contributed by atoms with Crippen LogP contribution in [0.2, 0.25) is 0 Å². The van der Waals surface area contributed by atoms with Crippen molar-refractivity contribution in [1.29, 1.82) is 0 Å². The quantitative estimate of drug-likeness (QED) is 0.0934. The molecule has 0 unspecified atom stereocenters. The number of aryl methyl sites for hydroxylation is 1. The minimum atomic E-state index is -0.907. The van der Waals surface area contributed by atoms with Gasteiger partial charge in [0.25, 0.3) is 0 Å². The second kappa shape index (κ2) is 24.2. The normalized spacial score (nSPS) is 17.3. The van der Waals surface area contributed by atoms with Gasteiger partial charge >= 0.3 is 24.1 Å². The zero-order chi connectivity index (χ0) is 47.1. The first-order chi connectivity index (χ1) is 32.5. The number of carbonyl (C=O) groups is 4. The summed E-state index contributed by atoms with van der Waals surface area (Å²) in [6.07, 6.45) is 1.43. The maximum Gasteiger partial charge on any atom is 0.415 e. The number of carbonyl (C=O) groups excluding carboxylic acids is 3. The molecule has 0 saturated carbocycles. The fourth-order valence-corrected chi connectivity index (χ4v) is 8.35. The second-order valence-corrected chi connectivity index (χ2v) is 16.6. The first-order valence-electron chi connectivity index (χ1n) is 22.4. The number of phenolic OH excluding ortho intramolecular Hbond substituents is 1. The number of esters is 1. The zero-order valence-corrected chi connectivity index (χ0v) is 37.6. The first-order valence-corrected chi connectivity index (χ1v) is 22.4. The third-order valence-corrected chi connectivity index (χ3v) is 11.8. The lowest BCUT2D eigenvalue weighted by molar-refractivity contribution is -0.148. The van der Waals surface area contributed by atoms with Gasteiger partial charge in [-0.05, 0) is 104 Å². The summed E-state index contributed by atoms with van der Waals surface area (Å²) in [5.41, 5.74) is 4.02. The maximum atomic E-state index is 12.6. The van der Waals surface area contributed by atoms with Crippen molar-refractivity contribution in [2.45, 2.75) is 47.0 Å². The zero-order valence-electron chi connectivity index (χ0n) is 37.6. The first kappa shape index (κ1) is 49.8. The number of benzene rings is 5. The van der Waals surface area contributed by atoms with Crippen LogP contribution in [0.5, 0.6) is 23.0 Å². The molecule has 4 atom stereocenters. The molecule has 0 aliphatic carbocycles. The molecule has 14 heteroatoms. The van der Waals surface area contributed by atoms with Crippen molar-refractivity contribution in [2.24, 2.45) is 23.7 Å². The van der Waals surface area contributed by atoms with Gasteiger partial charge in [-0.2, -0.15) is 0 Å². The van der Waals surface area contributed by atoms with Crippen molar-refractivity contribution in [3.63, 3.8) is 0 Å². The lowest BCUT2D eigenvalue weighted by Gasteiger charge is -2.16. The van der Waals surface area contributed by atoms with Crippen LogP contribution in [0.1, 0.15) is 48.4 Å². The van der Waals surface area contributed by atoms with Crippen LogP contribution in [0.25, 0.3) is 0 Å². The third-order valence-electron chi connectivity index (χ3n) is 11.8. The number of aromatic nitrogens is 1. The van der Waals surface area contributed by atoms with Gasteiger partial charge in [0, 0.05) is 39.0 Å². The Morgan fingerprint density at radius 1 is 0.647 bits per heavy atom. The van der Waals surface area contributed by atoms with Crippen LogP contribution >= 0.6 is 0 Å². The summed E-state index contributed by atoms with van der Waals surface area (Å²) >= 11 is 0. The van der Waals surface area contributed by atoms with Gasteiger partial charge in [-0.3, -0.25) is 9.59 Å². The molecule has 0 spiro atoms. The number of aliphatic carboxylic acids is 1. The largest absolute Gasteiger partial charge is 0.508 e. The number of carboxylic acids is 1. The number of aromatic hydroxyl groups is 1. The van der Waals surface area contributed by atoms with E-state index in [1.54, 1.807) is 72.5 Å². The van der Waals surface area contributed by atoms with Gasteiger partial charge in [-0.25, -0.2) is 14.6 Å². The molecule has 2 amide bonds. The number of ether oxygens (including phenoxy) is 4. The maximum absolute atomic E-state index is 12.6. The summed E-state index contributed by atoms with van der Waals surface area (Å²) < 4.78 is 27.8.